The maximum atomic E-state index is 12.9. The predicted molar refractivity (Wildman–Crippen MR) is 138 cm³/mol. The normalized spacial score (nSPS) is 16.7. The highest BCUT2D eigenvalue weighted by atomic mass is 19.4. The Morgan fingerprint density at radius 1 is 0.886 bits per heavy atom. The minimum absolute atomic E-state index is 0.0755. The average Bonchev–Trinajstić information content (AvgIpc) is 3.19. The predicted octanol–water partition coefficient (Wildman–Crippen LogP) is 6.26. The van der Waals surface area contributed by atoms with Gasteiger partial charge in [0.25, 0.3) is 0 Å². The number of ether oxygens (including phenoxy) is 1. The van der Waals surface area contributed by atoms with E-state index < -0.39 is 53.2 Å². The number of cyclic esters (lactones) is 1. The Labute approximate surface area is 246 Å². The number of benzene rings is 2. The lowest BCUT2D eigenvalue weighted by atomic mass is 10.1. The van der Waals surface area contributed by atoms with Crippen LogP contribution >= 0.6 is 0 Å². The van der Waals surface area contributed by atoms with Crippen LogP contribution in [0.25, 0.3) is 9.69 Å². The number of aliphatic hydroxyl groups is 1. The van der Waals surface area contributed by atoms with Gasteiger partial charge in [-0.1, -0.05) is 12.1 Å². The first-order valence-corrected chi connectivity index (χ1v) is 11.9. The number of alkyl halides is 6. The quantitative estimate of drug-likeness (QED) is 0.298. The summed E-state index contributed by atoms with van der Waals surface area (Å²) in [5.41, 5.74) is -2.65. The van der Waals surface area contributed by atoms with Gasteiger partial charge in [-0.05, 0) is 52.0 Å². The fraction of sp³-hybridized carbons (Fsp3) is 0.370. The second kappa shape index (κ2) is 17.0. The molecule has 0 spiro atoms. The minimum Gasteiger partial charge on any atom is -0.444 e. The van der Waals surface area contributed by atoms with Gasteiger partial charge in [0.15, 0.2) is 11.4 Å². The lowest BCUT2D eigenvalue weighted by Crippen LogP contribution is -2.33. The van der Waals surface area contributed by atoms with Crippen LogP contribution in [0.1, 0.15) is 38.8 Å². The highest BCUT2D eigenvalue weighted by Crippen LogP contribution is 2.40. The van der Waals surface area contributed by atoms with Gasteiger partial charge in [0.05, 0.1) is 36.4 Å². The molecule has 44 heavy (non-hydrogen) atoms. The number of hydrogen-bond donors (Lipinski definition) is 2. The van der Waals surface area contributed by atoms with Crippen molar-refractivity contribution in [2.75, 3.05) is 10.2 Å². The molecule has 0 bridgehead atoms. The SMILES string of the molecule is O=C=O.O=C=O.[C-]#[N+]c1ccc(N2C(=O)O[C@@H](C)[C@@H]2C)cc1C(F)(F)F.[C-]#[N+]c1ccc(N[C@@H](C)[C@H](C)O)cc1C(F)(F)F. The molecule has 1 aliphatic heterocycles. The molecule has 0 aromatic heterocycles. The molecular formula is C27H24F6N4O7. The summed E-state index contributed by atoms with van der Waals surface area (Å²) in [6.07, 6.45) is -10.5. The van der Waals surface area contributed by atoms with E-state index in [2.05, 4.69) is 15.0 Å². The van der Waals surface area contributed by atoms with E-state index in [1.807, 2.05) is 0 Å². The first-order chi connectivity index (χ1) is 20.3. The van der Waals surface area contributed by atoms with Crippen molar-refractivity contribution in [2.24, 2.45) is 0 Å². The number of halogens is 6. The van der Waals surface area contributed by atoms with Crippen molar-refractivity contribution in [3.63, 3.8) is 0 Å². The summed E-state index contributed by atoms with van der Waals surface area (Å²) in [5, 5.41) is 12.0. The largest absolute Gasteiger partial charge is 0.444 e. The zero-order valence-corrected chi connectivity index (χ0v) is 23.3. The molecule has 0 aliphatic carbocycles. The number of aliphatic hydroxyl groups excluding tert-OH is 1. The second-order valence-electron chi connectivity index (χ2n) is 8.69. The molecule has 17 heteroatoms. The highest BCUT2D eigenvalue weighted by Gasteiger charge is 2.39. The van der Waals surface area contributed by atoms with Gasteiger partial charge in [0.2, 0.25) is 0 Å². The summed E-state index contributed by atoms with van der Waals surface area (Å²) in [7, 11) is 0. The molecule has 0 radical (unpaired) electrons. The van der Waals surface area contributed by atoms with Crippen LogP contribution in [-0.4, -0.2) is 47.8 Å². The topological polar surface area (TPSA) is 139 Å². The Morgan fingerprint density at radius 3 is 1.68 bits per heavy atom. The molecule has 3 rings (SSSR count). The van der Waals surface area contributed by atoms with Gasteiger partial charge >= 0.3 is 30.7 Å². The zero-order valence-electron chi connectivity index (χ0n) is 23.3. The van der Waals surface area contributed by atoms with Crippen molar-refractivity contribution in [1.82, 2.24) is 0 Å². The fourth-order valence-electron chi connectivity index (χ4n) is 3.36. The van der Waals surface area contributed by atoms with Gasteiger partial charge in [0.1, 0.15) is 6.10 Å². The van der Waals surface area contributed by atoms with Crippen molar-refractivity contribution in [3.8, 4) is 0 Å². The molecule has 0 unspecified atom stereocenters. The summed E-state index contributed by atoms with van der Waals surface area (Å²) in [5.74, 6) is 0. The number of carbonyl (C=O) groups excluding carboxylic acids is 5. The summed E-state index contributed by atoms with van der Waals surface area (Å²) >= 11 is 0. The van der Waals surface area contributed by atoms with E-state index in [1.54, 1.807) is 20.8 Å². The number of carbonyl (C=O) groups is 1. The van der Waals surface area contributed by atoms with Gasteiger partial charge < -0.3 is 15.2 Å². The van der Waals surface area contributed by atoms with E-state index in [4.69, 9.17) is 37.1 Å². The smallest absolute Gasteiger partial charge is 0.415 e. The number of nitrogens with one attached hydrogen (secondary N) is 1. The summed E-state index contributed by atoms with van der Waals surface area (Å²) < 4.78 is 81.7. The van der Waals surface area contributed by atoms with E-state index in [-0.39, 0.29) is 35.8 Å². The number of anilines is 2. The van der Waals surface area contributed by atoms with Crippen molar-refractivity contribution < 1.29 is 60.2 Å². The van der Waals surface area contributed by atoms with Gasteiger partial charge in [0, 0.05) is 17.4 Å². The van der Waals surface area contributed by atoms with Crippen molar-refractivity contribution in [1.29, 1.82) is 0 Å². The van der Waals surface area contributed by atoms with Gasteiger partial charge in [-0.15, -0.1) is 0 Å². The van der Waals surface area contributed by atoms with Crippen LogP contribution in [0.15, 0.2) is 36.4 Å². The maximum Gasteiger partial charge on any atom is 0.415 e. The highest BCUT2D eigenvalue weighted by molar-refractivity contribution is 5.91. The molecule has 2 N–H and O–H groups in total. The summed E-state index contributed by atoms with van der Waals surface area (Å²) in [6.45, 7) is 20.0. The lowest BCUT2D eigenvalue weighted by Gasteiger charge is -2.21. The van der Waals surface area contributed by atoms with Crippen molar-refractivity contribution in [3.05, 3.63) is 70.4 Å². The summed E-state index contributed by atoms with van der Waals surface area (Å²) in [6, 6.07) is 5.82. The van der Waals surface area contributed by atoms with E-state index in [9.17, 15) is 36.2 Å². The van der Waals surface area contributed by atoms with Crippen LogP contribution in [0.2, 0.25) is 0 Å². The molecule has 2 aromatic carbocycles. The lowest BCUT2D eigenvalue weighted by molar-refractivity contribution is -0.193. The van der Waals surface area contributed by atoms with Crippen molar-refractivity contribution >= 4 is 41.1 Å². The van der Waals surface area contributed by atoms with Gasteiger partial charge in [-0.25, -0.2) is 14.5 Å². The third kappa shape index (κ3) is 11.2. The molecule has 1 saturated heterocycles. The second-order valence-corrected chi connectivity index (χ2v) is 8.69. The fourth-order valence-corrected chi connectivity index (χ4v) is 3.36. The van der Waals surface area contributed by atoms with Gasteiger partial charge in [-0.2, -0.15) is 45.5 Å². The third-order valence-electron chi connectivity index (χ3n) is 5.79. The first-order valence-electron chi connectivity index (χ1n) is 11.9. The van der Waals surface area contributed by atoms with Crippen LogP contribution < -0.4 is 10.2 Å². The van der Waals surface area contributed by atoms with Crippen LogP contribution in [0.3, 0.4) is 0 Å². The maximum absolute atomic E-state index is 12.9. The molecule has 1 fully saturated rings. The number of amides is 1. The number of rotatable bonds is 4. The molecule has 236 valence electrons. The van der Waals surface area contributed by atoms with Gasteiger partial charge in [-0.3, -0.25) is 4.90 Å². The van der Waals surface area contributed by atoms with E-state index in [1.165, 1.54) is 19.1 Å². The molecule has 1 amide bonds. The standard InChI is InChI=1S/C13H11F3N2O2.C12H13F3N2O.2CO2/c1-7-8(2)20-12(19)18(7)9-4-5-11(17-3)10(6-9)13(14,15)16;1-7(8(2)18)17-9-4-5-11(16-3)10(6-9)12(13,14)15;2*2-1-3/h4-8H,1-2H3;4-8,17-18H,1-2H3;;/t2*7-,8-;;/m00../s1. The molecule has 2 aromatic rings. The van der Waals surface area contributed by atoms with Crippen LogP contribution in [0.4, 0.5) is 53.9 Å². The molecule has 0 saturated carbocycles. The molecule has 1 aliphatic rings. The third-order valence-corrected chi connectivity index (χ3v) is 5.79. The molecule has 11 nitrogen and oxygen atoms in total. The average molecular weight is 630 g/mol. The Hall–Kier alpha value is -5.21. The monoisotopic (exact) mass is 630 g/mol. The number of hydrogen-bond acceptors (Lipinski definition) is 8. The minimum atomic E-state index is -4.64. The Morgan fingerprint density at radius 2 is 1.32 bits per heavy atom. The first kappa shape index (κ1) is 38.8. The van der Waals surface area contributed by atoms with E-state index in [0.29, 0.717) is 0 Å². The molecule has 4 atom stereocenters. The van der Waals surface area contributed by atoms with Crippen LogP contribution in [0, 0.1) is 13.1 Å². The Bertz CT molecular complexity index is 1420. The Balaban J connectivity index is 0.000000716. The number of nitrogens with zero attached hydrogens (tertiary/aromatic N) is 3. The zero-order chi connectivity index (χ0) is 34.4. The summed E-state index contributed by atoms with van der Waals surface area (Å²) in [4.78, 5) is 51.0. The molecule has 1 heterocycles. The Kier molecular flexibility index (Phi) is 15.0. The van der Waals surface area contributed by atoms with Crippen LogP contribution in [-0.2, 0) is 36.3 Å². The molecular weight excluding hydrogens is 606 g/mol. The van der Waals surface area contributed by atoms with Crippen molar-refractivity contribution in [2.45, 2.75) is 64.3 Å². The van der Waals surface area contributed by atoms with Crippen LogP contribution in [0.5, 0.6) is 0 Å². The van der Waals surface area contributed by atoms with E-state index in [0.717, 1.165) is 29.2 Å². The van der Waals surface area contributed by atoms with E-state index >= 15 is 0 Å².